The van der Waals surface area contributed by atoms with Gasteiger partial charge in [-0.1, -0.05) is 22.9 Å². The topological polar surface area (TPSA) is 67.2 Å². The summed E-state index contributed by atoms with van der Waals surface area (Å²) in [5, 5.41) is 8.10. The third-order valence-electron chi connectivity index (χ3n) is 2.62. The number of ketones is 1. The van der Waals surface area contributed by atoms with Crippen LogP contribution in [0.25, 0.3) is 0 Å². The molecule has 94 valence electrons. The Kier molecular flexibility index (Phi) is 5.05. The van der Waals surface area contributed by atoms with Gasteiger partial charge >= 0.3 is 5.97 Å². The van der Waals surface area contributed by atoms with E-state index in [1.54, 1.807) is 6.92 Å². The van der Waals surface area contributed by atoms with Gasteiger partial charge in [-0.05, 0) is 19.3 Å². The summed E-state index contributed by atoms with van der Waals surface area (Å²) >= 11 is 3.18. The van der Waals surface area contributed by atoms with Crippen molar-refractivity contribution in [2.24, 2.45) is 5.92 Å². The molecule has 0 aromatic rings. The minimum absolute atomic E-state index is 0.128. The van der Waals surface area contributed by atoms with Gasteiger partial charge in [-0.15, -0.1) is 0 Å². The molecular formula is C12H16BrNO3. The first-order valence-electron chi connectivity index (χ1n) is 5.58. The highest BCUT2D eigenvalue weighted by molar-refractivity contribution is 9.09. The first-order chi connectivity index (χ1) is 8.01. The lowest BCUT2D eigenvalue weighted by atomic mass is 9.82. The molecule has 4 nitrogen and oxygen atoms in total. The van der Waals surface area contributed by atoms with Gasteiger partial charge in [0.1, 0.15) is 0 Å². The maximum Gasteiger partial charge on any atom is 0.335 e. The molecule has 0 bridgehead atoms. The van der Waals surface area contributed by atoms with Crippen molar-refractivity contribution in [1.82, 2.24) is 0 Å². The molecule has 0 heterocycles. The standard InChI is InChI=1S/C12H16BrNO3/c1-3-17-12(16)8(6-13)11-9(14)4-7(2)5-10(11)15/h7,14H,3-6H2,1-2H3. The maximum absolute atomic E-state index is 11.9. The van der Waals surface area contributed by atoms with Gasteiger partial charge in [-0.25, -0.2) is 4.79 Å². The van der Waals surface area contributed by atoms with Gasteiger partial charge in [0.05, 0.1) is 12.2 Å². The van der Waals surface area contributed by atoms with Crippen LogP contribution in [0.5, 0.6) is 0 Å². The number of rotatable bonds is 3. The Labute approximate surface area is 109 Å². The van der Waals surface area contributed by atoms with Crippen LogP contribution >= 0.6 is 15.9 Å². The molecule has 0 amide bonds. The number of hydrogen-bond acceptors (Lipinski definition) is 4. The number of ether oxygens (including phenoxy) is 1. The fraction of sp³-hybridized carbons (Fsp3) is 0.583. The van der Waals surface area contributed by atoms with Crippen LogP contribution in [-0.2, 0) is 14.3 Å². The van der Waals surface area contributed by atoms with Crippen molar-refractivity contribution in [2.75, 3.05) is 11.9 Å². The van der Waals surface area contributed by atoms with Crippen LogP contribution < -0.4 is 0 Å². The van der Waals surface area contributed by atoms with Crippen LogP contribution in [0.2, 0.25) is 0 Å². The SMILES string of the molecule is CCOC(=O)C(CBr)=C1C(=N)CC(C)CC1=O. The molecule has 1 N–H and O–H groups in total. The molecule has 0 saturated heterocycles. The highest BCUT2D eigenvalue weighted by Crippen LogP contribution is 2.26. The average Bonchev–Trinajstić information content (AvgIpc) is 2.23. The molecule has 1 fully saturated rings. The van der Waals surface area contributed by atoms with Crippen molar-refractivity contribution in [3.05, 3.63) is 11.1 Å². The Morgan fingerprint density at radius 2 is 2.18 bits per heavy atom. The number of alkyl halides is 1. The van der Waals surface area contributed by atoms with Crippen LogP contribution in [0.4, 0.5) is 0 Å². The molecule has 0 aliphatic heterocycles. The molecule has 0 aromatic heterocycles. The van der Waals surface area contributed by atoms with E-state index < -0.39 is 5.97 Å². The first-order valence-corrected chi connectivity index (χ1v) is 6.70. The molecule has 1 atom stereocenters. The van der Waals surface area contributed by atoms with Crippen LogP contribution in [0, 0.1) is 11.3 Å². The van der Waals surface area contributed by atoms with Crippen molar-refractivity contribution in [2.45, 2.75) is 26.7 Å². The molecule has 1 rings (SSSR count). The van der Waals surface area contributed by atoms with Crippen molar-refractivity contribution in [1.29, 1.82) is 5.41 Å². The smallest absolute Gasteiger partial charge is 0.335 e. The summed E-state index contributed by atoms with van der Waals surface area (Å²) in [4.78, 5) is 23.6. The average molecular weight is 302 g/mol. The zero-order valence-electron chi connectivity index (χ0n) is 10.0. The van der Waals surface area contributed by atoms with Gasteiger partial charge in [0, 0.05) is 23.0 Å². The number of carbonyl (C=O) groups is 2. The Morgan fingerprint density at radius 3 is 2.65 bits per heavy atom. The van der Waals surface area contributed by atoms with Crippen LogP contribution in [0.1, 0.15) is 26.7 Å². The summed E-state index contributed by atoms with van der Waals surface area (Å²) in [5.74, 6) is -0.458. The molecule has 0 spiro atoms. The normalized spacial score (nSPS) is 23.6. The highest BCUT2D eigenvalue weighted by atomic mass is 79.9. The second kappa shape index (κ2) is 6.10. The number of carbonyl (C=O) groups excluding carboxylic acids is 2. The van der Waals surface area contributed by atoms with E-state index in [0.717, 1.165) is 0 Å². The predicted molar refractivity (Wildman–Crippen MR) is 68.6 cm³/mol. The van der Waals surface area contributed by atoms with E-state index in [2.05, 4.69) is 15.9 Å². The molecule has 1 aliphatic rings. The summed E-state index contributed by atoms with van der Waals surface area (Å²) in [6, 6.07) is 0. The zero-order valence-corrected chi connectivity index (χ0v) is 11.6. The molecule has 17 heavy (non-hydrogen) atoms. The second-order valence-electron chi connectivity index (χ2n) is 4.12. The quantitative estimate of drug-likeness (QED) is 0.494. The second-order valence-corrected chi connectivity index (χ2v) is 4.68. The van der Waals surface area contributed by atoms with Crippen LogP contribution in [0.3, 0.4) is 0 Å². The monoisotopic (exact) mass is 301 g/mol. The molecule has 1 saturated carbocycles. The van der Waals surface area contributed by atoms with Gasteiger partial charge in [0.25, 0.3) is 0 Å². The minimum Gasteiger partial charge on any atom is -0.463 e. The molecular weight excluding hydrogens is 286 g/mol. The first kappa shape index (κ1) is 14.1. The lowest BCUT2D eigenvalue weighted by Gasteiger charge is -2.22. The largest absolute Gasteiger partial charge is 0.463 e. The van der Waals surface area contributed by atoms with Gasteiger partial charge in [0.2, 0.25) is 0 Å². The Hall–Kier alpha value is -0.970. The lowest BCUT2D eigenvalue weighted by molar-refractivity contribution is -0.138. The third-order valence-corrected chi connectivity index (χ3v) is 3.19. The van der Waals surface area contributed by atoms with E-state index in [4.69, 9.17) is 10.1 Å². The predicted octanol–water partition coefficient (Wildman–Crippen LogP) is 2.26. The van der Waals surface area contributed by atoms with Crippen molar-refractivity contribution >= 4 is 33.4 Å². The van der Waals surface area contributed by atoms with Crippen LogP contribution in [0.15, 0.2) is 11.1 Å². The van der Waals surface area contributed by atoms with Crippen molar-refractivity contribution < 1.29 is 14.3 Å². The fourth-order valence-corrected chi connectivity index (χ4v) is 2.41. The van der Waals surface area contributed by atoms with E-state index in [-0.39, 0.29) is 40.5 Å². The van der Waals surface area contributed by atoms with E-state index in [9.17, 15) is 9.59 Å². The van der Waals surface area contributed by atoms with Gasteiger partial charge in [0.15, 0.2) is 5.78 Å². The fourth-order valence-electron chi connectivity index (χ4n) is 1.90. The summed E-state index contributed by atoms with van der Waals surface area (Å²) in [7, 11) is 0. The third kappa shape index (κ3) is 3.25. The molecule has 1 unspecified atom stereocenters. The van der Waals surface area contributed by atoms with E-state index in [1.165, 1.54) is 0 Å². The Bertz CT molecular complexity index is 367. The zero-order chi connectivity index (χ0) is 13.0. The maximum atomic E-state index is 11.9. The number of esters is 1. The summed E-state index contributed by atoms with van der Waals surface area (Å²) in [6.45, 7) is 3.91. The molecule has 0 radical (unpaired) electrons. The number of allylic oxidation sites excluding steroid dienone is 1. The minimum atomic E-state index is -0.507. The van der Waals surface area contributed by atoms with Crippen molar-refractivity contribution in [3.63, 3.8) is 0 Å². The Morgan fingerprint density at radius 1 is 1.53 bits per heavy atom. The molecule has 0 aromatic carbocycles. The highest BCUT2D eigenvalue weighted by Gasteiger charge is 2.30. The Balaban J connectivity index is 3.10. The number of Topliss-reactive ketones (excluding diaryl/α,β-unsaturated/α-hetero) is 1. The van der Waals surface area contributed by atoms with Gasteiger partial charge in [-0.3, -0.25) is 4.79 Å². The molecule has 5 heteroatoms. The van der Waals surface area contributed by atoms with Crippen molar-refractivity contribution in [3.8, 4) is 0 Å². The summed E-state index contributed by atoms with van der Waals surface area (Å²) in [6.07, 6.45) is 0.935. The number of hydrogen-bond donors (Lipinski definition) is 1. The van der Waals surface area contributed by atoms with E-state index in [1.807, 2.05) is 6.92 Å². The lowest BCUT2D eigenvalue weighted by Crippen LogP contribution is -2.28. The summed E-state index contributed by atoms with van der Waals surface area (Å²) < 4.78 is 4.90. The number of nitrogens with one attached hydrogen (secondary N) is 1. The van der Waals surface area contributed by atoms with E-state index >= 15 is 0 Å². The van der Waals surface area contributed by atoms with E-state index in [0.29, 0.717) is 12.8 Å². The van der Waals surface area contributed by atoms with Gasteiger partial charge in [-0.2, -0.15) is 0 Å². The van der Waals surface area contributed by atoms with Crippen LogP contribution in [-0.4, -0.2) is 29.4 Å². The number of halogens is 1. The molecule has 1 aliphatic carbocycles. The van der Waals surface area contributed by atoms with Gasteiger partial charge < -0.3 is 10.1 Å². The summed E-state index contributed by atoms with van der Waals surface area (Å²) in [5.41, 5.74) is 0.767.